The van der Waals surface area contributed by atoms with Crippen LogP contribution in [0, 0.1) is 0 Å². The van der Waals surface area contributed by atoms with Gasteiger partial charge in [-0.25, -0.2) is 0 Å². The minimum absolute atomic E-state index is 0.00686. The molecule has 1 aromatic carbocycles. The number of amides is 3. The maximum Gasteiger partial charge on any atom is 0.417 e. The Morgan fingerprint density at radius 2 is 1.76 bits per heavy atom. The molecule has 6 nitrogen and oxygen atoms in total. The highest BCUT2D eigenvalue weighted by Crippen LogP contribution is 2.31. The summed E-state index contributed by atoms with van der Waals surface area (Å²) in [5.74, 6) is -1.34. The van der Waals surface area contributed by atoms with Crippen LogP contribution >= 0.6 is 0 Å². The highest BCUT2D eigenvalue weighted by molar-refractivity contribution is 6.01. The second kappa shape index (κ2) is 8.11. The molecule has 3 amide bonds. The SMILES string of the molecule is O=C(NCCOCCN1C(=O)CCC1=O)c1ccccc1C(F)(F)F. The Balaban J connectivity index is 1.73. The molecule has 25 heavy (non-hydrogen) atoms. The van der Waals surface area contributed by atoms with E-state index in [1.807, 2.05) is 0 Å². The smallest absolute Gasteiger partial charge is 0.378 e. The lowest BCUT2D eigenvalue weighted by atomic mass is 10.1. The zero-order valence-electron chi connectivity index (χ0n) is 13.3. The summed E-state index contributed by atoms with van der Waals surface area (Å²) in [7, 11) is 0. The molecule has 1 aliphatic rings. The van der Waals surface area contributed by atoms with Crippen molar-refractivity contribution in [2.75, 3.05) is 26.3 Å². The molecular formula is C16H17F3N2O4. The average Bonchev–Trinajstić information content (AvgIpc) is 2.88. The van der Waals surface area contributed by atoms with Gasteiger partial charge in [0.05, 0.1) is 30.9 Å². The predicted octanol–water partition coefficient (Wildman–Crippen LogP) is 1.60. The van der Waals surface area contributed by atoms with Gasteiger partial charge in [-0.05, 0) is 12.1 Å². The minimum Gasteiger partial charge on any atom is -0.378 e. The molecule has 0 radical (unpaired) electrons. The molecule has 0 atom stereocenters. The lowest BCUT2D eigenvalue weighted by Crippen LogP contribution is -2.33. The number of nitrogens with zero attached hydrogens (tertiary/aromatic N) is 1. The van der Waals surface area contributed by atoms with Crippen molar-refractivity contribution >= 4 is 17.7 Å². The summed E-state index contributed by atoms with van der Waals surface area (Å²) in [6.45, 7) is 0.290. The van der Waals surface area contributed by atoms with Crippen LogP contribution in [-0.2, 0) is 20.5 Å². The highest BCUT2D eigenvalue weighted by Gasteiger charge is 2.34. The number of carbonyl (C=O) groups is 3. The van der Waals surface area contributed by atoms with Crippen molar-refractivity contribution in [3.63, 3.8) is 0 Å². The van der Waals surface area contributed by atoms with Crippen LogP contribution in [0.1, 0.15) is 28.8 Å². The molecule has 1 aromatic rings. The van der Waals surface area contributed by atoms with Crippen LogP contribution in [0.25, 0.3) is 0 Å². The van der Waals surface area contributed by atoms with Crippen molar-refractivity contribution in [3.8, 4) is 0 Å². The van der Waals surface area contributed by atoms with Crippen molar-refractivity contribution in [1.29, 1.82) is 0 Å². The van der Waals surface area contributed by atoms with Crippen molar-refractivity contribution < 1.29 is 32.3 Å². The van der Waals surface area contributed by atoms with Gasteiger partial charge in [-0.2, -0.15) is 13.2 Å². The van der Waals surface area contributed by atoms with Crippen molar-refractivity contribution in [2.45, 2.75) is 19.0 Å². The number of likely N-dealkylation sites (tertiary alicyclic amines) is 1. The van der Waals surface area contributed by atoms with Crippen LogP contribution in [0.5, 0.6) is 0 Å². The van der Waals surface area contributed by atoms with Gasteiger partial charge in [-0.3, -0.25) is 19.3 Å². The third kappa shape index (κ3) is 5.02. The Bertz CT molecular complexity index is 645. The Labute approximate surface area is 141 Å². The predicted molar refractivity (Wildman–Crippen MR) is 80.6 cm³/mol. The maximum absolute atomic E-state index is 12.8. The second-order valence-electron chi connectivity index (χ2n) is 5.35. The van der Waals surface area contributed by atoms with Gasteiger partial charge in [-0.1, -0.05) is 12.1 Å². The van der Waals surface area contributed by atoms with Gasteiger partial charge in [-0.15, -0.1) is 0 Å². The van der Waals surface area contributed by atoms with Crippen LogP contribution < -0.4 is 5.32 Å². The van der Waals surface area contributed by atoms with Gasteiger partial charge in [0.2, 0.25) is 11.8 Å². The Kier molecular flexibility index (Phi) is 6.13. The highest BCUT2D eigenvalue weighted by atomic mass is 19.4. The molecule has 0 aliphatic carbocycles. The summed E-state index contributed by atoms with van der Waals surface area (Å²) in [6, 6.07) is 4.51. The molecule has 2 rings (SSSR count). The summed E-state index contributed by atoms with van der Waals surface area (Å²) in [5, 5.41) is 2.35. The molecule has 1 saturated heterocycles. The molecule has 0 bridgehead atoms. The van der Waals surface area contributed by atoms with E-state index in [0.29, 0.717) is 0 Å². The van der Waals surface area contributed by atoms with Crippen LogP contribution in [0.4, 0.5) is 13.2 Å². The molecular weight excluding hydrogens is 341 g/mol. The van der Waals surface area contributed by atoms with Crippen LogP contribution in [0.2, 0.25) is 0 Å². The number of rotatable bonds is 7. The lowest BCUT2D eigenvalue weighted by Gasteiger charge is -2.14. The molecule has 0 unspecified atom stereocenters. The monoisotopic (exact) mass is 358 g/mol. The van der Waals surface area contributed by atoms with Gasteiger partial charge in [0, 0.05) is 19.4 Å². The molecule has 9 heteroatoms. The second-order valence-corrected chi connectivity index (χ2v) is 5.35. The fraction of sp³-hybridized carbons (Fsp3) is 0.438. The van der Waals surface area contributed by atoms with E-state index < -0.39 is 23.2 Å². The number of hydrogen-bond donors (Lipinski definition) is 1. The molecule has 136 valence electrons. The van der Waals surface area contributed by atoms with E-state index in [9.17, 15) is 27.6 Å². The normalized spacial score (nSPS) is 14.9. The largest absolute Gasteiger partial charge is 0.417 e. The van der Waals surface area contributed by atoms with Crippen LogP contribution in [-0.4, -0.2) is 48.9 Å². The molecule has 1 fully saturated rings. The van der Waals surface area contributed by atoms with Gasteiger partial charge in [0.1, 0.15) is 0 Å². The number of hydrogen-bond acceptors (Lipinski definition) is 4. The fourth-order valence-corrected chi connectivity index (χ4v) is 2.39. The quantitative estimate of drug-likeness (QED) is 0.593. The summed E-state index contributed by atoms with van der Waals surface area (Å²) >= 11 is 0. The van der Waals surface area contributed by atoms with E-state index in [1.54, 1.807) is 0 Å². The van der Waals surface area contributed by atoms with Gasteiger partial charge in [0.25, 0.3) is 5.91 Å². The molecule has 1 aliphatic heterocycles. The molecule has 0 spiro atoms. The summed E-state index contributed by atoms with van der Waals surface area (Å²) in [5.41, 5.74) is -1.46. The van der Waals surface area contributed by atoms with E-state index in [-0.39, 0.29) is 51.0 Å². The zero-order valence-corrected chi connectivity index (χ0v) is 13.3. The fourth-order valence-electron chi connectivity index (χ4n) is 2.39. The van der Waals surface area contributed by atoms with Crippen LogP contribution in [0.15, 0.2) is 24.3 Å². The van der Waals surface area contributed by atoms with Crippen LogP contribution in [0.3, 0.4) is 0 Å². The number of nitrogens with one attached hydrogen (secondary N) is 1. The third-order valence-corrected chi connectivity index (χ3v) is 3.62. The molecule has 1 heterocycles. The first-order valence-corrected chi connectivity index (χ1v) is 7.66. The molecule has 1 N–H and O–H groups in total. The summed E-state index contributed by atoms with van der Waals surface area (Å²) in [4.78, 5) is 35.7. The van der Waals surface area contributed by atoms with Crippen molar-refractivity contribution in [3.05, 3.63) is 35.4 Å². The topological polar surface area (TPSA) is 75.7 Å². The van der Waals surface area contributed by atoms with Crippen molar-refractivity contribution in [2.24, 2.45) is 0 Å². The molecule has 0 aromatic heterocycles. The standard InChI is InChI=1S/C16H17F3N2O4/c17-16(18,19)12-4-2-1-3-11(12)15(24)20-7-9-25-10-8-21-13(22)5-6-14(21)23/h1-4H,5-10H2,(H,20,24). The van der Waals surface area contributed by atoms with E-state index in [0.717, 1.165) is 17.0 Å². The molecule has 0 saturated carbocycles. The van der Waals surface area contributed by atoms with Crippen molar-refractivity contribution in [1.82, 2.24) is 10.2 Å². The summed E-state index contributed by atoms with van der Waals surface area (Å²) < 4.78 is 43.7. The first-order valence-electron chi connectivity index (χ1n) is 7.66. The number of imide groups is 1. The van der Waals surface area contributed by atoms with Gasteiger partial charge < -0.3 is 10.1 Å². The Morgan fingerprint density at radius 3 is 2.40 bits per heavy atom. The van der Waals surface area contributed by atoms with E-state index in [2.05, 4.69) is 5.32 Å². The van der Waals surface area contributed by atoms with E-state index in [1.165, 1.54) is 12.1 Å². The van der Waals surface area contributed by atoms with Gasteiger partial charge >= 0.3 is 6.18 Å². The lowest BCUT2D eigenvalue weighted by molar-refractivity contribution is -0.139. The van der Waals surface area contributed by atoms with Gasteiger partial charge in [0.15, 0.2) is 0 Å². The Hall–Kier alpha value is -2.42. The zero-order chi connectivity index (χ0) is 18.4. The van der Waals surface area contributed by atoms with E-state index >= 15 is 0 Å². The summed E-state index contributed by atoms with van der Waals surface area (Å²) in [6.07, 6.45) is -4.21. The third-order valence-electron chi connectivity index (χ3n) is 3.62. The first kappa shape index (κ1) is 18.9. The number of benzene rings is 1. The maximum atomic E-state index is 12.8. The number of ether oxygens (including phenoxy) is 1. The first-order chi connectivity index (χ1) is 11.8. The Morgan fingerprint density at radius 1 is 1.12 bits per heavy atom. The number of carbonyl (C=O) groups excluding carboxylic acids is 3. The van der Waals surface area contributed by atoms with E-state index in [4.69, 9.17) is 4.74 Å². The number of halogens is 3. The minimum atomic E-state index is -4.61. The number of alkyl halides is 3. The average molecular weight is 358 g/mol.